The Balaban J connectivity index is 2.20. The highest BCUT2D eigenvalue weighted by Gasteiger charge is 2.40. The van der Waals surface area contributed by atoms with E-state index in [4.69, 9.17) is 0 Å². The molecule has 0 aliphatic rings. The number of benzene rings is 3. The first kappa shape index (κ1) is 18.0. The van der Waals surface area contributed by atoms with Gasteiger partial charge >= 0.3 is 0 Å². The highest BCUT2D eigenvalue weighted by Crippen LogP contribution is 2.44. The van der Waals surface area contributed by atoms with Gasteiger partial charge < -0.3 is 20.4 Å². The Kier molecular flexibility index (Phi) is 5.26. The summed E-state index contributed by atoms with van der Waals surface area (Å²) in [4.78, 5) is 0. The predicted molar refractivity (Wildman–Crippen MR) is 100 cm³/mol. The molecule has 3 aromatic carbocycles. The van der Waals surface area contributed by atoms with E-state index in [1.807, 2.05) is 30.3 Å². The van der Waals surface area contributed by atoms with Crippen molar-refractivity contribution in [2.45, 2.75) is 17.9 Å². The molecule has 0 unspecified atom stereocenters. The summed E-state index contributed by atoms with van der Waals surface area (Å²) in [7, 11) is 0. The van der Waals surface area contributed by atoms with E-state index in [-0.39, 0.29) is 18.1 Å². The second kappa shape index (κ2) is 7.60. The molecule has 0 amide bonds. The summed E-state index contributed by atoms with van der Waals surface area (Å²) in [5, 5.41) is 40.8. The highest BCUT2D eigenvalue weighted by atomic mass is 16.3. The molecule has 2 atom stereocenters. The second-order valence-electron chi connectivity index (χ2n) is 6.34. The summed E-state index contributed by atoms with van der Waals surface area (Å²) in [6.07, 6.45) is 0.330. The third kappa shape index (κ3) is 3.43. The second-order valence-corrected chi connectivity index (χ2v) is 6.34. The molecule has 26 heavy (non-hydrogen) atoms. The maximum Gasteiger partial charge on any atom is 0.121 e. The van der Waals surface area contributed by atoms with Crippen LogP contribution in [0.4, 0.5) is 0 Å². The van der Waals surface area contributed by atoms with Crippen molar-refractivity contribution in [2.75, 3.05) is 6.61 Å². The summed E-state index contributed by atoms with van der Waals surface area (Å²) in [5.74, 6) is -0.183. The Labute approximate surface area is 152 Å². The van der Waals surface area contributed by atoms with Crippen LogP contribution in [-0.2, 0) is 5.60 Å². The van der Waals surface area contributed by atoms with Gasteiger partial charge in [0.2, 0.25) is 0 Å². The van der Waals surface area contributed by atoms with Gasteiger partial charge in [-0.05, 0) is 47.4 Å². The lowest BCUT2D eigenvalue weighted by atomic mass is 9.71. The summed E-state index contributed by atoms with van der Waals surface area (Å²) >= 11 is 0. The number of aliphatic hydroxyl groups excluding tert-OH is 1. The van der Waals surface area contributed by atoms with Crippen LogP contribution in [0.15, 0.2) is 78.9 Å². The van der Waals surface area contributed by atoms with Gasteiger partial charge in [0.25, 0.3) is 0 Å². The standard InChI is InChI=1S/C22H22O4/c23-15-14-21(16-6-10-19(24)11-7-16)22(26,17-4-2-1-3-5-17)18-8-12-20(25)13-9-18/h1-13,21,23-26H,14-15H2/t21-,22+/m1/s1. The van der Waals surface area contributed by atoms with E-state index < -0.39 is 11.5 Å². The molecule has 3 aromatic rings. The van der Waals surface area contributed by atoms with E-state index in [1.165, 1.54) is 12.1 Å². The van der Waals surface area contributed by atoms with Crippen molar-refractivity contribution in [1.82, 2.24) is 0 Å². The summed E-state index contributed by atoms with van der Waals surface area (Å²) in [5.41, 5.74) is 0.704. The van der Waals surface area contributed by atoms with Gasteiger partial charge in [-0.15, -0.1) is 0 Å². The third-order valence-corrected chi connectivity index (χ3v) is 4.74. The lowest BCUT2D eigenvalue weighted by molar-refractivity contribution is 0.0392. The van der Waals surface area contributed by atoms with Gasteiger partial charge in [0.15, 0.2) is 0 Å². The number of phenolic OH excluding ortho intramolecular Hbond substituents is 2. The Morgan fingerprint density at radius 1 is 0.692 bits per heavy atom. The Morgan fingerprint density at radius 3 is 1.73 bits per heavy atom. The zero-order valence-electron chi connectivity index (χ0n) is 14.3. The van der Waals surface area contributed by atoms with Gasteiger partial charge in [0, 0.05) is 12.5 Å². The minimum atomic E-state index is -1.41. The number of rotatable bonds is 6. The minimum Gasteiger partial charge on any atom is -0.508 e. The van der Waals surface area contributed by atoms with Crippen molar-refractivity contribution in [2.24, 2.45) is 0 Å². The predicted octanol–water partition coefficient (Wildman–Crippen LogP) is 3.50. The quantitative estimate of drug-likeness (QED) is 0.548. The van der Waals surface area contributed by atoms with Crippen molar-refractivity contribution < 1.29 is 20.4 Å². The van der Waals surface area contributed by atoms with Crippen LogP contribution in [0.25, 0.3) is 0 Å². The van der Waals surface area contributed by atoms with Crippen LogP contribution >= 0.6 is 0 Å². The summed E-state index contributed by atoms with van der Waals surface area (Å²) < 4.78 is 0. The first-order valence-corrected chi connectivity index (χ1v) is 8.53. The van der Waals surface area contributed by atoms with E-state index in [1.54, 1.807) is 36.4 Å². The average Bonchev–Trinajstić information content (AvgIpc) is 2.68. The molecule has 0 aliphatic heterocycles. The van der Waals surface area contributed by atoms with E-state index in [2.05, 4.69) is 0 Å². The van der Waals surface area contributed by atoms with Gasteiger partial charge in [0.05, 0.1) is 0 Å². The van der Waals surface area contributed by atoms with Crippen LogP contribution < -0.4 is 0 Å². The molecule has 0 aromatic heterocycles. The Morgan fingerprint density at radius 2 is 1.19 bits per heavy atom. The van der Waals surface area contributed by atoms with Crippen LogP contribution in [0.3, 0.4) is 0 Å². The van der Waals surface area contributed by atoms with Crippen molar-refractivity contribution in [3.8, 4) is 11.5 Å². The van der Waals surface area contributed by atoms with Crippen LogP contribution in [-0.4, -0.2) is 27.0 Å². The molecule has 4 N–H and O–H groups in total. The Bertz CT molecular complexity index is 828. The fraction of sp³-hybridized carbons (Fsp3) is 0.182. The zero-order chi connectivity index (χ0) is 18.6. The first-order valence-electron chi connectivity index (χ1n) is 8.53. The number of phenols is 2. The van der Waals surface area contributed by atoms with E-state index in [9.17, 15) is 20.4 Å². The molecule has 3 rings (SSSR count). The van der Waals surface area contributed by atoms with E-state index in [0.29, 0.717) is 17.5 Å². The Hall–Kier alpha value is -2.82. The SMILES string of the molecule is OCC[C@H](c1ccc(O)cc1)[C@](O)(c1ccccc1)c1ccc(O)cc1. The molecule has 0 aliphatic carbocycles. The number of aromatic hydroxyl groups is 2. The normalized spacial score (nSPS) is 14.5. The molecule has 0 fully saturated rings. The molecular formula is C22H22O4. The number of aliphatic hydroxyl groups is 2. The lowest BCUT2D eigenvalue weighted by Gasteiger charge is -2.37. The molecule has 4 heteroatoms. The molecular weight excluding hydrogens is 328 g/mol. The van der Waals surface area contributed by atoms with Crippen LogP contribution in [0, 0.1) is 0 Å². The highest BCUT2D eigenvalue weighted by molar-refractivity contribution is 5.44. The molecule has 0 saturated heterocycles. The van der Waals surface area contributed by atoms with Crippen LogP contribution in [0.5, 0.6) is 11.5 Å². The largest absolute Gasteiger partial charge is 0.508 e. The van der Waals surface area contributed by atoms with E-state index in [0.717, 1.165) is 5.56 Å². The van der Waals surface area contributed by atoms with Gasteiger partial charge in [-0.25, -0.2) is 0 Å². The average molecular weight is 350 g/mol. The minimum absolute atomic E-state index is 0.0984. The van der Waals surface area contributed by atoms with Gasteiger partial charge in [-0.1, -0.05) is 54.6 Å². The van der Waals surface area contributed by atoms with Gasteiger partial charge in [0.1, 0.15) is 17.1 Å². The van der Waals surface area contributed by atoms with Crippen LogP contribution in [0.1, 0.15) is 29.0 Å². The van der Waals surface area contributed by atoms with Crippen molar-refractivity contribution in [1.29, 1.82) is 0 Å². The lowest BCUT2D eigenvalue weighted by Crippen LogP contribution is -2.35. The van der Waals surface area contributed by atoms with Gasteiger partial charge in [-0.2, -0.15) is 0 Å². The number of hydrogen-bond acceptors (Lipinski definition) is 4. The first-order chi connectivity index (χ1) is 12.6. The van der Waals surface area contributed by atoms with Crippen molar-refractivity contribution in [3.05, 3.63) is 95.6 Å². The maximum atomic E-state index is 11.9. The van der Waals surface area contributed by atoms with Crippen molar-refractivity contribution >= 4 is 0 Å². The molecule has 0 bridgehead atoms. The summed E-state index contributed by atoms with van der Waals surface area (Å²) in [6, 6.07) is 22.4. The fourth-order valence-electron chi connectivity index (χ4n) is 3.43. The molecule has 134 valence electrons. The molecule has 0 saturated carbocycles. The maximum absolute atomic E-state index is 11.9. The zero-order valence-corrected chi connectivity index (χ0v) is 14.3. The fourth-order valence-corrected chi connectivity index (χ4v) is 3.43. The van der Waals surface area contributed by atoms with Gasteiger partial charge in [-0.3, -0.25) is 0 Å². The summed E-state index contributed by atoms with van der Waals surface area (Å²) in [6.45, 7) is -0.0984. The molecule has 0 radical (unpaired) electrons. The number of hydrogen-bond donors (Lipinski definition) is 4. The molecule has 0 heterocycles. The molecule has 4 nitrogen and oxygen atoms in total. The van der Waals surface area contributed by atoms with E-state index >= 15 is 0 Å². The monoisotopic (exact) mass is 350 g/mol. The smallest absolute Gasteiger partial charge is 0.121 e. The van der Waals surface area contributed by atoms with Crippen LogP contribution in [0.2, 0.25) is 0 Å². The third-order valence-electron chi connectivity index (χ3n) is 4.74. The van der Waals surface area contributed by atoms with Crippen molar-refractivity contribution in [3.63, 3.8) is 0 Å². The molecule has 0 spiro atoms. The topological polar surface area (TPSA) is 80.9 Å².